The molecule has 0 radical (unpaired) electrons. The molecule has 0 aliphatic rings. The topological polar surface area (TPSA) is 20.2 Å². The molecule has 0 fully saturated rings. The zero-order valence-corrected chi connectivity index (χ0v) is 9.45. The van der Waals surface area contributed by atoms with Gasteiger partial charge in [0.2, 0.25) is 0 Å². The molecule has 1 nitrogen and oxygen atoms in total. The van der Waals surface area contributed by atoms with Crippen molar-refractivity contribution >= 4 is 31.9 Å². The van der Waals surface area contributed by atoms with Gasteiger partial charge in [-0.05, 0) is 47.0 Å². The minimum absolute atomic E-state index is 0.295. The van der Waals surface area contributed by atoms with E-state index in [0.717, 1.165) is 20.1 Å². The van der Waals surface area contributed by atoms with Gasteiger partial charge in [-0.3, -0.25) is 0 Å². The van der Waals surface area contributed by atoms with Crippen LogP contribution in [0.15, 0.2) is 15.0 Å². The van der Waals surface area contributed by atoms with E-state index in [1.807, 2.05) is 13.8 Å². The van der Waals surface area contributed by atoms with Crippen LogP contribution in [-0.2, 0) is 0 Å². The van der Waals surface area contributed by atoms with Gasteiger partial charge in [0.25, 0.3) is 0 Å². The first kappa shape index (κ1) is 9.07. The Hall–Kier alpha value is -0.0200. The van der Waals surface area contributed by atoms with Gasteiger partial charge in [0, 0.05) is 4.47 Å². The van der Waals surface area contributed by atoms with E-state index in [0.29, 0.717) is 5.75 Å². The second kappa shape index (κ2) is 3.15. The van der Waals surface area contributed by atoms with Crippen LogP contribution in [0.3, 0.4) is 0 Å². The highest BCUT2D eigenvalue weighted by molar-refractivity contribution is 9.11. The Morgan fingerprint density at radius 2 is 1.73 bits per heavy atom. The van der Waals surface area contributed by atoms with Crippen molar-refractivity contribution in [2.75, 3.05) is 0 Å². The highest BCUT2D eigenvalue weighted by Gasteiger charge is 2.07. The summed E-state index contributed by atoms with van der Waals surface area (Å²) in [5.41, 5.74) is 2.07. The molecule has 0 heterocycles. The predicted molar refractivity (Wildman–Crippen MR) is 53.0 cm³/mol. The van der Waals surface area contributed by atoms with Crippen LogP contribution in [0.25, 0.3) is 0 Å². The molecule has 0 atom stereocenters. The number of hydrogen-bond donors (Lipinski definition) is 1. The lowest BCUT2D eigenvalue weighted by atomic mass is 10.1. The van der Waals surface area contributed by atoms with Gasteiger partial charge < -0.3 is 5.11 Å². The van der Waals surface area contributed by atoms with Gasteiger partial charge in [0.1, 0.15) is 5.75 Å². The van der Waals surface area contributed by atoms with Crippen molar-refractivity contribution in [2.24, 2.45) is 0 Å². The summed E-state index contributed by atoms with van der Waals surface area (Å²) >= 11 is 6.71. The number of aryl methyl sites for hydroxylation is 1. The first-order valence-corrected chi connectivity index (χ1v) is 4.76. The van der Waals surface area contributed by atoms with E-state index < -0.39 is 0 Å². The van der Waals surface area contributed by atoms with Gasteiger partial charge in [0.15, 0.2) is 0 Å². The number of benzene rings is 1. The fraction of sp³-hybridized carbons (Fsp3) is 0.250. The summed E-state index contributed by atoms with van der Waals surface area (Å²) in [6, 6.07) is 1.72. The number of phenolic OH excluding ortho intramolecular Hbond substituents is 1. The van der Waals surface area contributed by atoms with Crippen molar-refractivity contribution in [1.82, 2.24) is 0 Å². The molecule has 1 aromatic rings. The number of hydrogen-bond acceptors (Lipinski definition) is 1. The van der Waals surface area contributed by atoms with Crippen molar-refractivity contribution in [3.8, 4) is 5.75 Å². The van der Waals surface area contributed by atoms with E-state index in [9.17, 15) is 5.11 Å². The number of aromatic hydroxyl groups is 1. The Bertz CT molecular complexity index is 268. The van der Waals surface area contributed by atoms with Crippen molar-refractivity contribution in [1.29, 1.82) is 0 Å². The molecular formula is C8H8Br2O. The molecule has 0 unspecified atom stereocenters. The Balaban J connectivity index is 3.46. The maximum absolute atomic E-state index is 9.34. The summed E-state index contributed by atoms with van der Waals surface area (Å²) in [7, 11) is 0. The molecule has 1 N–H and O–H groups in total. The van der Waals surface area contributed by atoms with Crippen LogP contribution in [-0.4, -0.2) is 5.11 Å². The van der Waals surface area contributed by atoms with Gasteiger partial charge in [-0.2, -0.15) is 0 Å². The first-order valence-electron chi connectivity index (χ1n) is 3.18. The third-order valence-corrected chi connectivity index (χ3v) is 3.80. The minimum atomic E-state index is 0.295. The van der Waals surface area contributed by atoms with E-state index in [1.165, 1.54) is 0 Å². The largest absolute Gasteiger partial charge is 0.507 e. The van der Waals surface area contributed by atoms with Crippen molar-refractivity contribution in [3.63, 3.8) is 0 Å². The highest BCUT2D eigenvalue weighted by Crippen LogP contribution is 2.34. The smallest absolute Gasteiger partial charge is 0.130 e. The summed E-state index contributed by atoms with van der Waals surface area (Å²) in [6.07, 6.45) is 0. The molecule has 0 amide bonds. The van der Waals surface area contributed by atoms with E-state index in [2.05, 4.69) is 31.9 Å². The second-order valence-corrected chi connectivity index (χ2v) is 4.05. The van der Waals surface area contributed by atoms with Crippen LogP contribution in [0.2, 0.25) is 0 Å². The molecule has 1 aromatic carbocycles. The third kappa shape index (κ3) is 1.59. The van der Waals surface area contributed by atoms with Crippen molar-refractivity contribution in [3.05, 3.63) is 26.1 Å². The quantitative estimate of drug-likeness (QED) is 0.770. The molecule has 0 spiro atoms. The van der Waals surface area contributed by atoms with Crippen molar-refractivity contribution < 1.29 is 5.11 Å². The number of phenols is 1. The standard InChI is InChI=1S/C8H8Br2O/c1-4-3-6(11)8(10)5(2)7(4)9/h3,11H,1-2H3. The van der Waals surface area contributed by atoms with Gasteiger partial charge in [-0.1, -0.05) is 15.9 Å². The maximum atomic E-state index is 9.34. The molecule has 0 aliphatic carbocycles. The summed E-state index contributed by atoms with van der Waals surface area (Å²) in [5.74, 6) is 0.295. The van der Waals surface area contributed by atoms with Crippen molar-refractivity contribution in [2.45, 2.75) is 13.8 Å². The first-order chi connectivity index (χ1) is 5.04. The molecule has 0 aliphatic heterocycles. The lowest BCUT2D eigenvalue weighted by Gasteiger charge is -2.06. The van der Waals surface area contributed by atoms with Gasteiger partial charge in [0.05, 0.1) is 4.47 Å². The Morgan fingerprint density at radius 1 is 1.18 bits per heavy atom. The van der Waals surface area contributed by atoms with Crippen LogP contribution >= 0.6 is 31.9 Å². The zero-order chi connectivity index (χ0) is 8.59. The van der Waals surface area contributed by atoms with Gasteiger partial charge >= 0.3 is 0 Å². The molecule has 0 bridgehead atoms. The molecule has 60 valence electrons. The fourth-order valence-electron chi connectivity index (χ4n) is 0.916. The van der Waals surface area contributed by atoms with E-state index >= 15 is 0 Å². The van der Waals surface area contributed by atoms with E-state index in [4.69, 9.17) is 0 Å². The van der Waals surface area contributed by atoms with Crippen LogP contribution in [0.5, 0.6) is 5.75 Å². The van der Waals surface area contributed by atoms with Crippen LogP contribution in [0.4, 0.5) is 0 Å². The minimum Gasteiger partial charge on any atom is -0.507 e. The normalized spacial score (nSPS) is 10.2. The lowest BCUT2D eigenvalue weighted by Crippen LogP contribution is -1.83. The fourth-order valence-corrected chi connectivity index (χ4v) is 1.81. The Morgan fingerprint density at radius 3 is 2.27 bits per heavy atom. The SMILES string of the molecule is Cc1cc(O)c(Br)c(C)c1Br. The lowest BCUT2D eigenvalue weighted by molar-refractivity contribution is 0.470. The molecule has 11 heavy (non-hydrogen) atoms. The van der Waals surface area contributed by atoms with Crippen LogP contribution in [0, 0.1) is 13.8 Å². The van der Waals surface area contributed by atoms with Gasteiger partial charge in [-0.15, -0.1) is 0 Å². The third-order valence-electron chi connectivity index (χ3n) is 1.58. The number of halogens is 2. The summed E-state index contributed by atoms with van der Waals surface area (Å²) in [6.45, 7) is 3.89. The average molecular weight is 280 g/mol. The highest BCUT2D eigenvalue weighted by atomic mass is 79.9. The molecule has 0 saturated heterocycles. The molecule has 1 rings (SSSR count). The molecular weight excluding hydrogens is 272 g/mol. The second-order valence-electron chi connectivity index (χ2n) is 2.47. The van der Waals surface area contributed by atoms with E-state index in [-0.39, 0.29) is 0 Å². The van der Waals surface area contributed by atoms with Gasteiger partial charge in [-0.25, -0.2) is 0 Å². The predicted octanol–water partition coefficient (Wildman–Crippen LogP) is 3.53. The summed E-state index contributed by atoms with van der Waals surface area (Å²) in [5, 5.41) is 9.34. The summed E-state index contributed by atoms with van der Waals surface area (Å²) < 4.78 is 1.80. The molecule has 0 saturated carbocycles. The van der Waals surface area contributed by atoms with E-state index in [1.54, 1.807) is 6.07 Å². The number of rotatable bonds is 0. The zero-order valence-electron chi connectivity index (χ0n) is 6.28. The monoisotopic (exact) mass is 278 g/mol. The average Bonchev–Trinajstić information content (AvgIpc) is 1.97. The van der Waals surface area contributed by atoms with Crippen LogP contribution in [0.1, 0.15) is 11.1 Å². The van der Waals surface area contributed by atoms with Crippen LogP contribution < -0.4 is 0 Å². The Labute approximate surface area is 82.7 Å². The maximum Gasteiger partial charge on any atom is 0.130 e. The Kier molecular flexibility index (Phi) is 2.60. The molecule has 0 aromatic heterocycles. The molecule has 3 heteroatoms. The summed E-state index contributed by atoms with van der Waals surface area (Å²) in [4.78, 5) is 0.